The Morgan fingerprint density at radius 3 is 2.72 bits per heavy atom. The lowest BCUT2D eigenvalue weighted by Gasteiger charge is -2.13. The summed E-state index contributed by atoms with van der Waals surface area (Å²) in [4.78, 5) is 10.1. The molecule has 0 unspecified atom stereocenters. The van der Waals surface area contributed by atoms with Crippen LogP contribution >= 0.6 is 22.7 Å². The van der Waals surface area contributed by atoms with Crippen LogP contribution in [0.15, 0.2) is 17.1 Å². The molecule has 98 valence electrons. The van der Waals surface area contributed by atoms with Crippen LogP contribution in [0.2, 0.25) is 0 Å². The first-order valence-electron chi connectivity index (χ1n) is 6.08. The molecule has 0 fully saturated rings. The Balaban J connectivity index is 1.75. The van der Waals surface area contributed by atoms with E-state index in [1.807, 2.05) is 11.7 Å². The maximum Gasteiger partial charge on any atom is 0.0981 e. The monoisotopic (exact) mass is 281 g/mol. The van der Waals surface area contributed by atoms with Crippen LogP contribution in [0.5, 0.6) is 0 Å². The van der Waals surface area contributed by atoms with E-state index in [-0.39, 0.29) is 5.41 Å². The van der Waals surface area contributed by atoms with Crippen molar-refractivity contribution < 1.29 is 0 Å². The maximum atomic E-state index is 4.48. The first-order valence-corrected chi connectivity index (χ1v) is 7.84. The molecule has 3 nitrogen and oxygen atoms in total. The normalized spacial score (nSPS) is 11.9. The lowest BCUT2D eigenvalue weighted by atomic mass is 9.98. The quantitative estimate of drug-likeness (QED) is 0.855. The number of aromatic nitrogens is 2. The topological polar surface area (TPSA) is 37.8 Å². The molecule has 0 atom stereocenters. The Kier molecular flexibility index (Phi) is 4.48. The first-order chi connectivity index (χ1) is 8.55. The molecule has 0 spiro atoms. The molecule has 0 saturated heterocycles. The average Bonchev–Trinajstić information content (AvgIpc) is 2.95. The van der Waals surface area contributed by atoms with Gasteiger partial charge in [-0.2, -0.15) is 0 Å². The zero-order valence-electron chi connectivity index (χ0n) is 11.1. The van der Waals surface area contributed by atoms with Crippen molar-refractivity contribution in [1.29, 1.82) is 0 Å². The van der Waals surface area contributed by atoms with Gasteiger partial charge in [-0.1, -0.05) is 20.8 Å². The van der Waals surface area contributed by atoms with Crippen LogP contribution in [0.4, 0.5) is 0 Å². The predicted molar refractivity (Wildman–Crippen MR) is 78.3 cm³/mol. The minimum absolute atomic E-state index is 0.156. The summed E-state index contributed by atoms with van der Waals surface area (Å²) in [6, 6.07) is 0. The third-order valence-corrected chi connectivity index (χ3v) is 4.59. The van der Waals surface area contributed by atoms with Gasteiger partial charge in [-0.25, -0.2) is 9.97 Å². The summed E-state index contributed by atoms with van der Waals surface area (Å²) in [7, 11) is 0. The summed E-state index contributed by atoms with van der Waals surface area (Å²) in [6.45, 7) is 8.46. The van der Waals surface area contributed by atoms with Crippen molar-refractivity contribution in [3.63, 3.8) is 0 Å². The lowest BCUT2D eigenvalue weighted by molar-refractivity contribution is 0.585. The molecule has 18 heavy (non-hydrogen) atoms. The molecule has 0 aliphatic rings. The molecule has 2 aromatic heterocycles. The largest absolute Gasteiger partial charge is 0.311 e. The first kappa shape index (κ1) is 13.6. The predicted octanol–water partition coefficient (Wildman–Crippen LogP) is 3.23. The molecule has 0 aliphatic heterocycles. The van der Waals surface area contributed by atoms with E-state index in [9.17, 15) is 0 Å². The zero-order chi connectivity index (χ0) is 13.0. The van der Waals surface area contributed by atoms with Crippen LogP contribution in [-0.4, -0.2) is 16.5 Å². The summed E-state index contributed by atoms with van der Waals surface area (Å²) >= 11 is 3.45. The summed E-state index contributed by atoms with van der Waals surface area (Å²) in [5.74, 6) is 0. The van der Waals surface area contributed by atoms with Crippen molar-refractivity contribution in [2.24, 2.45) is 0 Å². The highest BCUT2D eigenvalue weighted by Crippen LogP contribution is 2.26. The van der Waals surface area contributed by atoms with Crippen LogP contribution in [-0.2, 0) is 18.4 Å². The van der Waals surface area contributed by atoms with Crippen molar-refractivity contribution in [3.05, 3.63) is 32.7 Å². The molecule has 2 aromatic rings. The van der Waals surface area contributed by atoms with E-state index in [0.29, 0.717) is 0 Å². The van der Waals surface area contributed by atoms with Gasteiger partial charge < -0.3 is 5.32 Å². The van der Waals surface area contributed by atoms with E-state index in [2.05, 4.69) is 41.4 Å². The molecular formula is C13H19N3S2. The molecule has 0 radical (unpaired) electrons. The van der Waals surface area contributed by atoms with Crippen LogP contribution in [0.3, 0.4) is 0 Å². The molecule has 1 N–H and O–H groups in total. The number of nitrogens with zero attached hydrogens (tertiary/aromatic N) is 2. The molecule has 0 amide bonds. The molecule has 0 saturated carbocycles. The van der Waals surface area contributed by atoms with E-state index < -0.39 is 0 Å². The molecule has 0 aliphatic carbocycles. The number of rotatable bonds is 5. The summed E-state index contributed by atoms with van der Waals surface area (Å²) in [5, 5.41) is 6.75. The SMILES string of the molecule is CC(C)(C)c1ncc(CNCCc2cscn2)s1. The van der Waals surface area contributed by atoms with Gasteiger partial charge in [0.15, 0.2) is 0 Å². The van der Waals surface area contributed by atoms with Crippen molar-refractivity contribution >= 4 is 22.7 Å². The fraction of sp³-hybridized carbons (Fsp3) is 0.538. The fourth-order valence-corrected chi connectivity index (χ4v) is 3.06. The second kappa shape index (κ2) is 5.91. The van der Waals surface area contributed by atoms with Gasteiger partial charge in [-0.3, -0.25) is 0 Å². The second-order valence-corrected chi connectivity index (χ2v) is 7.12. The average molecular weight is 281 g/mol. The standard InChI is InChI=1S/C13H19N3S2/c1-13(2,3)12-15-7-11(18-12)6-14-5-4-10-8-17-9-16-10/h7-9,14H,4-6H2,1-3H3. The number of nitrogens with one attached hydrogen (secondary N) is 1. The Bertz CT molecular complexity index is 469. The molecular weight excluding hydrogens is 262 g/mol. The van der Waals surface area contributed by atoms with Crippen LogP contribution < -0.4 is 5.32 Å². The van der Waals surface area contributed by atoms with Gasteiger partial charge in [0.25, 0.3) is 0 Å². The van der Waals surface area contributed by atoms with Gasteiger partial charge in [0.05, 0.1) is 16.2 Å². The van der Waals surface area contributed by atoms with Gasteiger partial charge in [0.2, 0.25) is 0 Å². The maximum absolute atomic E-state index is 4.48. The molecule has 0 bridgehead atoms. The number of thiazole rings is 2. The minimum Gasteiger partial charge on any atom is -0.311 e. The second-order valence-electron chi connectivity index (χ2n) is 5.29. The molecule has 2 rings (SSSR count). The Morgan fingerprint density at radius 2 is 2.11 bits per heavy atom. The van der Waals surface area contributed by atoms with E-state index in [1.54, 1.807) is 22.7 Å². The third kappa shape index (κ3) is 3.86. The van der Waals surface area contributed by atoms with E-state index >= 15 is 0 Å². The number of hydrogen-bond donors (Lipinski definition) is 1. The molecule has 0 aromatic carbocycles. The smallest absolute Gasteiger partial charge is 0.0981 e. The van der Waals surface area contributed by atoms with Crippen LogP contribution in [0.25, 0.3) is 0 Å². The fourth-order valence-electron chi connectivity index (χ4n) is 1.53. The van der Waals surface area contributed by atoms with Crippen molar-refractivity contribution in [3.8, 4) is 0 Å². The van der Waals surface area contributed by atoms with Crippen molar-refractivity contribution in [2.75, 3.05) is 6.54 Å². The van der Waals surface area contributed by atoms with Crippen molar-refractivity contribution in [1.82, 2.24) is 15.3 Å². The lowest BCUT2D eigenvalue weighted by Crippen LogP contribution is -2.16. The Hall–Kier alpha value is -0.780. The highest BCUT2D eigenvalue weighted by molar-refractivity contribution is 7.11. The highest BCUT2D eigenvalue weighted by Gasteiger charge is 2.17. The Morgan fingerprint density at radius 1 is 1.28 bits per heavy atom. The highest BCUT2D eigenvalue weighted by atomic mass is 32.1. The van der Waals surface area contributed by atoms with E-state index in [1.165, 1.54) is 15.6 Å². The van der Waals surface area contributed by atoms with Gasteiger partial charge in [0, 0.05) is 41.4 Å². The number of hydrogen-bond acceptors (Lipinski definition) is 5. The third-order valence-electron chi connectivity index (χ3n) is 2.54. The van der Waals surface area contributed by atoms with Gasteiger partial charge in [-0.15, -0.1) is 22.7 Å². The summed E-state index contributed by atoms with van der Waals surface area (Å²) < 4.78 is 0. The Labute approximate surface area is 116 Å². The van der Waals surface area contributed by atoms with Crippen molar-refractivity contribution in [2.45, 2.75) is 39.2 Å². The molecule has 5 heteroatoms. The zero-order valence-corrected chi connectivity index (χ0v) is 12.7. The van der Waals surface area contributed by atoms with Gasteiger partial charge in [0.1, 0.15) is 0 Å². The van der Waals surface area contributed by atoms with Gasteiger partial charge >= 0.3 is 0 Å². The summed E-state index contributed by atoms with van der Waals surface area (Å²) in [6.07, 6.45) is 2.98. The van der Waals surface area contributed by atoms with Gasteiger partial charge in [-0.05, 0) is 0 Å². The van der Waals surface area contributed by atoms with E-state index in [0.717, 1.165) is 19.5 Å². The minimum atomic E-state index is 0.156. The van der Waals surface area contributed by atoms with Crippen LogP contribution in [0, 0.1) is 0 Å². The summed E-state index contributed by atoms with van der Waals surface area (Å²) in [5.41, 5.74) is 3.21. The van der Waals surface area contributed by atoms with E-state index in [4.69, 9.17) is 0 Å². The van der Waals surface area contributed by atoms with Crippen LogP contribution in [0.1, 0.15) is 36.3 Å². The molecule has 2 heterocycles.